The lowest BCUT2D eigenvalue weighted by Gasteiger charge is -2.22. The van der Waals surface area contributed by atoms with Crippen molar-refractivity contribution >= 4 is 23.9 Å². The lowest BCUT2D eigenvalue weighted by atomic mass is 9.92. The molecule has 7 heteroatoms. The smallest absolute Gasteiger partial charge is 0.305 e. The highest BCUT2D eigenvalue weighted by atomic mass is 32.2. The summed E-state index contributed by atoms with van der Waals surface area (Å²) in [6.07, 6.45) is 33.9. The van der Waals surface area contributed by atoms with Crippen molar-refractivity contribution in [2.45, 2.75) is 221 Å². The van der Waals surface area contributed by atoms with Gasteiger partial charge in [0.25, 0.3) is 0 Å². The van der Waals surface area contributed by atoms with Gasteiger partial charge in [-0.3, -0.25) is 14.3 Å². The molecule has 0 aromatic rings. The largest absolute Gasteiger partial charge is 0.466 e. The molecule has 0 spiro atoms. The number of nitrogens with one attached hydrogen (secondary N) is 1. The SMILES string of the molecule is CCCCCC(CCCCC)CCOC(=O)CCCCCCCN(CCCCCCCC(=O)OCCC(CCCC)CCCC)CCCNSCC. The van der Waals surface area contributed by atoms with E-state index in [2.05, 4.69) is 44.2 Å². The molecule has 0 radical (unpaired) electrons. The Balaban J connectivity index is 4.14. The second-order valence-electron chi connectivity index (χ2n) is 15.6. The van der Waals surface area contributed by atoms with Gasteiger partial charge in [0.1, 0.15) is 0 Å². The molecule has 0 unspecified atom stereocenters. The van der Waals surface area contributed by atoms with E-state index in [4.69, 9.17) is 9.47 Å². The molecule has 0 aliphatic carbocycles. The predicted octanol–water partition coefficient (Wildman–Crippen LogP) is 13.3. The second kappa shape index (κ2) is 41.4. The Morgan fingerprint density at radius 2 is 0.885 bits per heavy atom. The first-order valence-corrected chi connectivity index (χ1v) is 23.9. The predicted molar refractivity (Wildman–Crippen MR) is 228 cm³/mol. The number of hydrogen-bond acceptors (Lipinski definition) is 7. The Kier molecular flexibility index (Phi) is 40.7. The first kappa shape index (κ1) is 51.2. The van der Waals surface area contributed by atoms with Crippen LogP contribution in [0.15, 0.2) is 0 Å². The molecule has 0 heterocycles. The Morgan fingerprint density at radius 1 is 0.481 bits per heavy atom. The number of ether oxygens (including phenoxy) is 2. The van der Waals surface area contributed by atoms with E-state index >= 15 is 0 Å². The minimum atomic E-state index is 0.000345. The van der Waals surface area contributed by atoms with E-state index in [-0.39, 0.29) is 11.9 Å². The molecule has 0 aromatic carbocycles. The minimum Gasteiger partial charge on any atom is -0.466 e. The topological polar surface area (TPSA) is 67.9 Å². The average Bonchev–Trinajstić information content (AvgIpc) is 3.14. The molecule has 0 bridgehead atoms. The lowest BCUT2D eigenvalue weighted by Crippen LogP contribution is -2.29. The third kappa shape index (κ3) is 36.2. The van der Waals surface area contributed by atoms with Crippen molar-refractivity contribution in [2.24, 2.45) is 11.8 Å². The maximum atomic E-state index is 12.4. The molecule has 0 saturated carbocycles. The van der Waals surface area contributed by atoms with Gasteiger partial charge in [0.05, 0.1) is 13.2 Å². The Bertz CT molecular complexity index is 737. The number of unbranched alkanes of at least 4 members (excludes halogenated alkanes) is 14. The summed E-state index contributed by atoms with van der Waals surface area (Å²) >= 11 is 1.81. The maximum Gasteiger partial charge on any atom is 0.305 e. The first-order chi connectivity index (χ1) is 25.5. The third-order valence-electron chi connectivity index (χ3n) is 10.7. The standard InChI is InChI=1S/C45H90N2O4S/c1-6-11-21-30-43(31-22-12-7-2)35-41-51-45(49)33-24-18-16-20-26-38-47(39-27-36-46-52-10-5)37-25-19-15-17-23-32-44(48)50-40-34-42(28-13-8-3)29-14-9-4/h42-43,46H,6-41H2,1-5H3. The van der Waals surface area contributed by atoms with Crippen LogP contribution in [0.1, 0.15) is 221 Å². The molecule has 0 aromatic heterocycles. The van der Waals surface area contributed by atoms with Gasteiger partial charge in [0.2, 0.25) is 0 Å². The van der Waals surface area contributed by atoms with Crippen LogP contribution >= 0.6 is 11.9 Å². The molecule has 0 aliphatic heterocycles. The highest BCUT2D eigenvalue weighted by molar-refractivity contribution is 7.97. The summed E-state index contributed by atoms with van der Waals surface area (Å²) in [7, 11) is 0. The zero-order valence-electron chi connectivity index (χ0n) is 35.6. The number of esters is 2. The highest BCUT2D eigenvalue weighted by Crippen LogP contribution is 2.22. The van der Waals surface area contributed by atoms with Gasteiger partial charge < -0.3 is 14.4 Å². The van der Waals surface area contributed by atoms with Crippen molar-refractivity contribution in [3.63, 3.8) is 0 Å². The monoisotopic (exact) mass is 755 g/mol. The maximum absolute atomic E-state index is 12.4. The summed E-state index contributed by atoms with van der Waals surface area (Å²) in [5, 5.41) is 0. The average molecular weight is 755 g/mol. The van der Waals surface area contributed by atoms with Crippen LogP contribution in [0, 0.1) is 11.8 Å². The van der Waals surface area contributed by atoms with Gasteiger partial charge in [0, 0.05) is 25.1 Å². The summed E-state index contributed by atoms with van der Waals surface area (Å²) in [6, 6.07) is 0. The quantitative estimate of drug-likeness (QED) is 0.0378. The second-order valence-corrected chi connectivity index (χ2v) is 16.7. The van der Waals surface area contributed by atoms with Crippen LogP contribution in [0.4, 0.5) is 0 Å². The Morgan fingerprint density at radius 3 is 1.33 bits per heavy atom. The lowest BCUT2D eigenvalue weighted by molar-refractivity contribution is -0.145. The molecule has 0 saturated heterocycles. The summed E-state index contributed by atoms with van der Waals surface area (Å²) in [4.78, 5) is 27.3. The molecule has 0 amide bonds. The highest BCUT2D eigenvalue weighted by Gasteiger charge is 2.12. The molecule has 0 aliphatic rings. The van der Waals surface area contributed by atoms with Crippen LogP contribution in [0.3, 0.4) is 0 Å². The summed E-state index contributed by atoms with van der Waals surface area (Å²) in [5.74, 6) is 2.55. The van der Waals surface area contributed by atoms with Crippen molar-refractivity contribution in [1.29, 1.82) is 0 Å². The molecular formula is C45H90N2O4S. The van der Waals surface area contributed by atoms with Crippen molar-refractivity contribution < 1.29 is 19.1 Å². The fourth-order valence-electron chi connectivity index (χ4n) is 7.20. The normalized spacial score (nSPS) is 11.7. The van der Waals surface area contributed by atoms with Crippen LogP contribution in [-0.4, -0.2) is 62.0 Å². The van der Waals surface area contributed by atoms with Gasteiger partial charge in [-0.25, -0.2) is 0 Å². The molecule has 0 fully saturated rings. The van der Waals surface area contributed by atoms with Crippen molar-refractivity contribution in [3.8, 4) is 0 Å². The van der Waals surface area contributed by atoms with Gasteiger partial charge >= 0.3 is 11.9 Å². The van der Waals surface area contributed by atoms with E-state index in [0.29, 0.717) is 32.0 Å². The molecule has 310 valence electrons. The van der Waals surface area contributed by atoms with E-state index in [1.807, 2.05) is 11.9 Å². The number of rotatable bonds is 42. The zero-order valence-corrected chi connectivity index (χ0v) is 36.4. The van der Waals surface area contributed by atoms with E-state index in [1.54, 1.807) is 0 Å². The van der Waals surface area contributed by atoms with E-state index in [0.717, 1.165) is 63.3 Å². The Hall–Kier alpha value is -0.790. The molecule has 6 nitrogen and oxygen atoms in total. The van der Waals surface area contributed by atoms with Crippen molar-refractivity contribution in [2.75, 3.05) is 45.1 Å². The summed E-state index contributed by atoms with van der Waals surface area (Å²) in [5.41, 5.74) is 0. The van der Waals surface area contributed by atoms with Gasteiger partial charge in [0.15, 0.2) is 0 Å². The fourth-order valence-corrected chi connectivity index (χ4v) is 7.69. The zero-order chi connectivity index (χ0) is 38.2. The van der Waals surface area contributed by atoms with Crippen LogP contribution < -0.4 is 4.72 Å². The van der Waals surface area contributed by atoms with Gasteiger partial charge in [-0.15, -0.1) is 0 Å². The van der Waals surface area contributed by atoms with Crippen molar-refractivity contribution in [3.05, 3.63) is 0 Å². The number of carbonyl (C=O) groups excluding carboxylic acids is 2. The van der Waals surface area contributed by atoms with E-state index < -0.39 is 0 Å². The molecule has 0 rings (SSSR count). The summed E-state index contributed by atoms with van der Waals surface area (Å²) < 4.78 is 14.7. The van der Waals surface area contributed by atoms with Crippen molar-refractivity contribution in [1.82, 2.24) is 9.62 Å². The first-order valence-electron chi connectivity index (χ1n) is 22.9. The minimum absolute atomic E-state index is 0.000345. The van der Waals surface area contributed by atoms with Gasteiger partial charge in [-0.2, -0.15) is 0 Å². The molecule has 1 N–H and O–H groups in total. The number of nitrogens with zero attached hydrogens (tertiary/aromatic N) is 1. The van der Waals surface area contributed by atoms with E-state index in [1.165, 1.54) is 148 Å². The number of hydrogen-bond donors (Lipinski definition) is 1. The van der Waals surface area contributed by atoms with Crippen LogP contribution in [0.25, 0.3) is 0 Å². The fraction of sp³-hybridized carbons (Fsp3) is 0.956. The van der Waals surface area contributed by atoms with E-state index in [9.17, 15) is 9.59 Å². The molecule has 0 atom stereocenters. The third-order valence-corrected chi connectivity index (χ3v) is 11.3. The Labute approximate surface area is 329 Å². The van der Waals surface area contributed by atoms with Gasteiger partial charge in [-0.1, -0.05) is 175 Å². The van der Waals surface area contributed by atoms with Crippen LogP contribution in [-0.2, 0) is 19.1 Å². The van der Waals surface area contributed by atoms with Gasteiger partial charge in [-0.05, 0) is 76.4 Å². The molecule has 52 heavy (non-hydrogen) atoms. The molecular weight excluding hydrogens is 665 g/mol. The van der Waals surface area contributed by atoms with Crippen LogP contribution in [0.2, 0.25) is 0 Å². The summed E-state index contributed by atoms with van der Waals surface area (Å²) in [6.45, 7) is 17.0. The number of carbonyl (C=O) groups is 2. The van der Waals surface area contributed by atoms with Crippen LogP contribution in [0.5, 0.6) is 0 Å².